The van der Waals surface area contributed by atoms with Gasteiger partial charge in [0.15, 0.2) is 0 Å². The van der Waals surface area contributed by atoms with Crippen LogP contribution in [-0.4, -0.2) is 18.0 Å². The molecule has 0 N–H and O–H groups in total. The molecule has 0 aliphatic heterocycles. The van der Waals surface area contributed by atoms with Crippen molar-refractivity contribution in [2.75, 3.05) is 13.1 Å². The maximum Gasteiger partial charge on any atom is 0.0233 e. The summed E-state index contributed by atoms with van der Waals surface area (Å²) in [5.41, 5.74) is 2.93. The molecule has 0 aromatic heterocycles. The first-order valence-corrected chi connectivity index (χ1v) is 10.6. The standard InChI is InChI=1S/C23H41N/c1-4-7-9-11-13-19-24(20-14-12-10-8-5-2)21-23-17-15-22(6-3)16-18-23/h15-18H,4-14,19-21H2,1-3H3. The van der Waals surface area contributed by atoms with Crippen molar-refractivity contribution in [1.29, 1.82) is 0 Å². The van der Waals surface area contributed by atoms with Gasteiger partial charge in [0.2, 0.25) is 0 Å². The molecule has 1 nitrogen and oxygen atoms in total. The van der Waals surface area contributed by atoms with Crippen molar-refractivity contribution in [2.24, 2.45) is 0 Å². The summed E-state index contributed by atoms with van der Waals surface area (Å²) >= 11 is 0. The first-order chi connectivity index (χ1) is 11.8. The maximum atomic E-state index is 2.69. The molecule has 0 radical (unpaired) electrons. The molecule has 1 aromatic rings. The van der Waals surface area contributed by atoms with Gasteiger partial charge in [-0.05, 0) is 43.5 Å². The minimum Gasteiger partial charge on any atom is -0.299 e. The summed E-state index contributed by atoms with van der Waals surface area (Å²) in [6, 6.07) is 9.27. The highest BCUT2D eigenvalue weighted by atomic mass is 15.1. The molecule has 138 valence electrons. The van der Waals surface area contributed by atoms with Crippen LogP contribution < -0.4 is 0 Å². The third-order valence-electron chi connectivity index (χ3n) is 4.99. The first kappa shape index (κ1) is 21.2. The van der Waals surface area contributed by atoms with Gasteiger partial charge < -0.3 is 0 Å². The van der Waals surface area contributed by atoms with Gasteiger partial charge in [0.25, 0.3) is 0 Å². The van der Waals surface area contributed by atoms with Crippen LogP contribution in [0.3, 0.4) is 0 Å². The molecular weight excluding hydrogens is 290 g/mol. The van der Waals surface area contributed by atoms with E-state index < -0.39 is 0 Å². The summed E-state index contributed by atoms with van der Waals surface area (Å²) in [6.45, 7) is 10.5. The molecule has 0 spiro atoms. The van der Waals surface area contributed by atoms with Crippen LogP contribution in [-0.2, 0) is 13.0 Å². The SMILES string of the molecule is CCCCCCCN(CCCCCCC)Cc1ccc(CC)cc1. The zero-order chi connectivity index (χ0) is 17.5. The Morgan fingerprint density at radius 1 is 0.583 bits per heavy atom. The van der Waals surface area contributed by atoms with Crippen LogP contribution in [0.15, 0.2) is 24.3 Å². The molecule has 0 bridgehead atoms. The lowest BCUT2D eigenvalue weighted by Gasteiger charge is -2.22. The smallest absolute Gasteiger partial charge is 0.0233 e. The quantitative estimate of drug-likeness (QED) is 0.313. The fourth-order valence-corrected chi connectivity index (χ4v) is 3.29. The van der Waals surface area contributed by atoms with Crippen LogP contribution in [0.4, 0.5) is 0 Å². The van der Waals surface area contributed by atoms with Crippen LogP contribution in [0.1, 0.15) is 96.1 Å². The third kappa shape index (κ3) is 10.1. The Hall–Kier alpha value is -0.820. The van der Waals surface area contributed by atoms with Crippen molar-refractivity contribution >= 4 is 0 Å². The average molecular weight is 332 g/mol. The summed E-state index contributed by atoms with van der Waals surface area (Å²) in [6.07, 6.45) is 15.0. The molecule has 24 heavy (non-hydrogen) atoms. The predicted molar refractivity (Wildman–Crippen MR) is 109 cm³/mol. The van der Waals surface area contributed by atoms with E-state index in [1.165, 1.54) is 88.4 Å². The molecule has 0 aliphatic rings. The van der Waals surface area contributed by atoms with E-state index in [-0.39, 0.29) is 0 Å². The van der Waals surface area contributed by atoms with Crippen LogP contribution >= 0.6 is 0 Å². The lowest BCUT2D eigenvalue weighted by Crippen LogP contribution is -2.25. The van der Waals surface area contributed by atoms with Crippen molar-refractivity contribution in [2.45, 2.75) is 97.9 Å². The number of aryl methyl sites for hydroxylation is 1. The minimum absolute atomic E-state index is 1.13. The summed E-state index contributed by atoms with van der Waals surface area (Å²) in [4.78, 5) is 2.69. The van der Waals surface area contributed by atoms with Gasteiger partial charge in [0.05, 0.1) is 0 Å². The second-order valence-corrected chi connectivity index (χ2v) is 7.27. The normalized spacial score (nSPS) is 11.3. The summed E-state index contributed by atoms with van der Waals surface area (Å²) < 4.78 is 0. The highest BCUT2D eigenvalue weighted by molar-refractivity contribution is 5.22. The van der Waals surface area contributed by atoms with Crippen molar-refractivity contribution in [3.8, 4) is 0 Å². The largest absolute Gasteiger partial charge is 0.299 e. The molecule has 0 saturated heterocycles. The van der Waals surface area contributed by atoms with E-state index in [1.54, 1.807) is 0 Å². The second-order valence-electron chi connectivity index (χ2n) is 7.27. The average Bonchev–Trinajstić information content (AvgIpc) is 2.61. The Bertz CT molecular complexity index is 368. The topological polar surface area (TPSA) is 3.24 Å². The van der Waals surface area contributed by atoms with Gasteiger partial charge in [-0.3, -0.25) is 4.90 Å². The van der Waals surface area contributed by atoms with E-state index in [4.69, 9.17) is 0 Å². The van der Waals surface area contributed by atoms with E-state index in [9.17, 15) is 0 Å². The van der Waals surface area contributed by atoms with Crippen LogP contribution in [0, 0.1) is 0 Å². The number of rotatable bonds is 15. The highest BCUT2D eigenvalue weighted by Crippen LogP contribution is 2.12. The van der Waals surface area contributed by atoms with Crippen molar-refractivity contribution in [1.82, 2.24) is 4.90 Å². The predicted octanol–water partition coefficient (Wildman–Crippen LogP) is 6.99. The number of hydrogen-bond donors (Lipinski definition) is 0. The zero-order valence-electron chi connectivity index (χ0n) is 16.7. The lowest BCUT2D eigenvalue weighted by molar-refractivity contribution is 0.252. The monoisotopic (exact) mass is 331 g/mol. The molecule has 0 amide bonds. The number of hydrogen-bond acceptors (Lipinski definition) is 1. The van der Waals surface area contributed by atoms with E-state index in [0.29, 0.717) is 0 Å². The summed E-state index contributed by atoms with van der Waals surface area (Å²) in [7, 11) is 0. The maximum absolute atomic E-state index is 2.69. The molecular formula is C23H41N. The second kappa shape index (κ2) is 14.5. The van der Waals surface area contributed by atoms with Gasteiger partial charge >= 0.3 is 0 Å². The Morgan fingerprint density at radius 3 is 1.50 bits per heavy atom. The minimum atomic E-state index is 1.13. The molecule has 0 heterocycles. The molecule has 0 fully saturated rings. The number of nitrogens with zero attached hydrogens (tertiary/aromatic N) is 1. The zero-order valence-corrected chi connectivity index (χ0v) is 16.7. The van der Waals surface area contributed by atoms with E-state index >= 15 is 0 Å². The lowest BCUT2D eigenvalue weighted by atomic mass is 10.1. The molecule has 1 aromatic carbocycles. The number of benzene rings is 1. The Kier molecular flexibility index (Phi) is 12.8. The van der Waals surface area contributed by atoms with E-state index in [2.05, 4.69) is 49.9 Å². The van der Waals surface area contributed by atoms with Crippen LogP contribution in [0.5, 0.6) is 0 Å². The molecule has 1 heteroatoms. The third-order valence-corrected chi connectivity index (χ3v) is 4.99. The fraction of sp³-hybridized carbons (Fsp3) is 0.739. The van der Waals surface area contributed by atoms with Crippen LogP contribution in [0.2, 0.25) is 0 Å². The molecule has 1 rings (SSSR count). The fourth-order valence-electron chi connectivity index (χ4n) is 3.29. The van der Waals surface area contributed by atoms with E-state index in [1.807, 2.05) is 0 Å². The Balaban J connectivity index is 2.39. The van der Waals surface area contributed by atoms with Crippen molar-refractivity contribution in [3.63, 3.8) is 0 Å². The van der Waals surface area contributed by atoms with Crippen molar-refractivity contribution < 1.29 is 0 Å². The Morgan fingerprint density at radius 2 is 1.04 bits per heavy atom. The molecule has 0 unspecified atom stereocenters. The summed E-state index contributed by atoms with van der Waals surface area (Å²) in [5.74, 6) is 0. The van der Waals surface area contributed by atoms with Crippen LogP contribution in [0.25, 0.3) is 0 Å². The number of unbranched alkanes of at least 4 members (excludes halogenated alkanes) is 8. The highest BCUT2D eigenvalue weighted by Gasteiger charge is 2.06. The van der Waals surface area contributed by atoms with Crippen molar-refractivity contribution in [3.05, 3.63) is 35.4 Å². The molecule has 0 atom stereocenters. The first-order valence-electron chi connectivity index (χ1n) is 10.6. The van der Waals surface area contributed by atoms with E-state index in [0.717, 1.165) is 13.0 Å². The van der Waals surface area contributed by atoms with Gasteiger partial charge in [0, 0.05) is 6.54 Å². The van der Waals surface area contributed by atoms with Gasteiger partial charge in [-0.1, -0.05) is 96.4 Å². The van der Waals surface area contributed by atoms with Gasteiger partial charge in [-0.25, -0.2) is 0 Å². The molecule has 0 aliphatic carbocycles. The molecule has 0 saturated carbocycles. The van der Waals surface area contributed by atoms with Gasteiger partial charge in [0.1, 0.15) is 0 Å². The Labute approximate surface area is 151 Å². The van der Waals surface area contributed by atoms with Gasteiger partial charge in [-0.15, -0.1) is 0 Å². The van der Waals surface area contributed by atoms with Gasteiger partial charge in [-0.2, -0.15) is 0 Å². The summed E-state index contributed by atoms with van der Waals surface area (Å²) in [5, 5.41) is 0.